The maximum absolute atomic E-state index is 13.0. The predicted molar refractivity (Wildman–Crippen MR) is 81.7 cm³/mol. The van der Waals surface area contributed by atoms with Crippen LogP contribution in [0, 0.1) is 22.0 Å². The van der Waals surface area contributed by atoms with Gasteiger partial charge in [0.1, 0.15) is 0 Å². The lowest BCUT2D eigenvalue weighted by Crippen LogP contribution is -2.32. The van der Waals surface area contributed by atoms with E-state index in [0.29, 0.717) is 5.56 Å². The summed E-state index contributed by atoms with van der Waals surface area (Å²) in [6.45, 7) is 0. The minimum absolute atomic E-state index is 0.249. The third-order valence-electron chi connectivity index (χ3n) is 2.96. The summed E-state index contributed by atoms with van der Waals surface area (Å²) in [5.74, 6) is 2.90. The number of nitro groups is 1. The largest absolute Gasteiger partial charge is 0.437 e. The molecule has 0 amide bonds. The van der Waals surface area contributed by atoms with Crippen LogP contribution < -0.4 is 0 Å². The topological polar surface area (TPSA) is 69.4 Å². The molecule has 0 aromatic heterocycles. The second-order valence-corrected chi connectivity index (χ2v) is 4.77. The molecule has 2 aromatic rings. The van der Waals surface area contributed by atoms with Gasteiger partial charge in [-0.15, -0.1) is 0 Å². The molecule has 5 nitrogen and oxygen atoms in total. The van der Waals surface area contributed by atoms with E-state index < -0.39 is 23.2 Å². The summed E-state index contributed by atoms with van der Waals surface area (Å²) in [5.41, 5.74) is -0.211. The van der Waals surface area contributed by atoms with Gasteiger partial charge in [-0.05, 0) is 30.2 Å². The number of hydrogen-bond acceptors (Lipinski definition) is 4. The first-order valence-corrected chi connectivity index (χ1v) is 6.86. The monoisotopic (exact) mass is 349 g/mol. The lowest BCUT2D eigenvalue weighted by molar-refractivity contribution is -0.384. The van der Waals surface area contributed by atoms with Gasteiger partial charge in [-0.25, -0.2) is 4.79 Å². The molecule has 0 radical (unpaired) electrons. The number of nitro benzene ring substituents is 1. The van der Waals surface area contributed by atoms with E-state index in [4.69, 9.17) is 0 Å². The molecular weight excluding hydrogens is 339 g/mol. The Morgan fingerprint density at radius 1 is 1.08 bits per heavy atom. The summed E-state index contributed by atoms with van der Waals surface area (Å²) < 4.78 is 43.4. The van der Waals surface area contributed by atoms with Crippen LogP contribution >= 0.6 is 0 Å². The summed E-state index contributed by atoms with van der Waals surface area (Å²) in [6.07, 6.45) is -7.49. The van der Waals surface area contributed by atoms with Crippen LogP contribution in [-0.4, -0.2) is 23.2 Å². The highest BCUT2D eigenvalue weighted by molar-refractivity contribution is 5.90. The predicted octanol–water partition coefficient (Wildman–Crippen LogP) is 3.73. The van der Waals surface area contributed by atoms with Gasteiger partial charge in [0.2, 0.25) is 0 Å². The molecule has 25 heavy (non-hydrogen) atoms. The molecule has 0 aliphatic rings. The first-order valence-electron chi connectivity index (χ1n) is 6.86. The Labute approximate surface area is 140 Å². The molecule has 0 heterocycles. The average molecular weight is 349 g/mol. The maximum atomic E-state index is 13.0. The summed E-state index contributed by atoms with van der Waals surface area (Å²) in [5, 5.41) is 10.5. The Morgan fingerprint density at radius 3 is 2.20 bits per heavy atom. The molecule has 0 saturated heterocycles. The SMILES string of the molecule is O=C(O[C@H](C#Cc1ccccc1)C(F)(F)F)c1ccc([N+](=O)[O-])cc1. The van der Waals surface area contributed by atoms with E-state index in [-0.39, 0.29) is 11.3 Å². The number of rotatable bonds is 3. The number of esters is 1. The maximum Gasteiger partial charge on any atom is 0.437 e. The quantitative estimate of drug-likeness (QED) is 0.366. The van der Waals surface area contributed by atoms with Crippen molar-refractivity contribution in [3.63, 3.8) is 0 Å². The summed E-state index contributed by atoms with van der Waals surface area (Å²) in [6, 6.07) is 11.9. The third-order valence-corrected chi connectivity index (χ3v) is 2.96. The van der Waals surface area contributed by atoms with Crippen LogP contribution in [-0.2, 0) is 4.74 Å². The van der Waals surface area contributed by atoms with E-state index in [1.54, 1.807) is 18.2 Å². The number of benzene rings is 2. The number of halogens is 3. The minimum atomic E-state index is -4.88. The number of carbonyl (C=O) groups excluding carboxylic acids is 1. The number of carbonyl (C=O) groups is 1. The van der Waals surface area contributed by atoms with Crippen LogP contribution in [0.25, 0.3) is 0 Å². The number of ether oxygens (including phenoxy) is 1. The highest BCUT2D eigenvalue weighted by Crippen LogP contribution is 2.24. The molecule has 0 bridgehead atoms. The van der Waals surface area contributed by atoms with Crippen LogP contribution in [0.1, 0.15) is 15.9 Å². The summed E-state index contributed by atoms with van der Waals surface area (Å²) in [4.78, 5) is 21.7. The van der Waals surface area contributed by atoms with Gasteiger partial charge < -0.3 is 4.74 Å². The Bertz CT molecular complexity index is 821. The van der Waals surface area contributed by atoms with Gasteiger partial charge in [-0.1, -0.05) is 24.1 Å². The van der Waals surface area contributed by atoms with Crippen molar-refractivity contribution in [3.8, 4) is 11.8 Å². The third kappa shape index (κ3) is 5.07. The highest BCUT2D eigenvalue weighted by atomic mass is 19.4. The number of alkyl halides is 3. The number of non-ortho nitro benzene ring substituents is 1. The van der Waals surface area contributed by atoms with Crippen molar-refractivity contribution in [2.24, 2.45) is 0 Å². The molecule has 2 aromatic carbocycles. The van der Waals surface area contributed by atoms with Crippen LogP contribution in [0.15, 0.2) is 54.6 Å². The van der Waals surface area contributed by atoms with Crippen LogP contribution in [0.4, 0.5) is 18.9 Å². The first-order chi connectivity index (χ1) is 11.8. The molecular formula is C17H10F3NO4. The zero-order valence-corrected chi connectivity index (χ0v) is 12.5. The molecule has 0 unspecified atom stereocenters. The van der Waals surface area contributed by atoms with Crippen molar-refractivity contribution in [3.05, 3.63) is 75.8 Å². The Balaban J connectivity index is 2.18. The minimum Gasteiger partial charge on any atom is -0.436 e. The van der Waals surface area contributed by atoms with E-state index in [1.165, 1.54) is 12.1 Å². The van der Waals surface area contributed by atoms with Gasteiger partial charge >= 0.3 is 12.1 Å². The summed E-state index contributed by atoms with van der Waals surface area (Å²) >= 11 is 0. The van der Waals surface area contributed by atoms with Crippen molar-refractivity contribution in [1.29, 1.82) is 0 Å². The fraction of sp³-hybridized carbons (Fsp3) is 0.118. The molecule has 0 spiro atoms. The summed E-state index contributed by atoms with van der Waals surface area (Å²) in [7, 11) is 0. The normalized spacial score (nSPS) is 11.8. The molecule has 1 atom stereocenters. The van der Waals surface area contributed by atoms with Gasteiger partial charge in [-0.2, -0.15) is 13.2 Å². The van der Waals surface area contributed by atoms with E-state index in [2.05, 4.69) is 10.7 Å². The molecule has 8 heteroatoms. The fourth-order valence-corrected chi connectivity index (χ4v) is 1.74. The Morgan fingerprint density at radius 2 is 1.68 bits per heavy atom. The molecule has 0 fully saturated rings. The van der Waals surface area contributed by atoms with Gasteiger partial charge in [0.25, 0.3) is 11.8 Å². The van der Waals surface area contributed by atoms with Gasteiger partial charge in [0.15, 0.2) is 0 Å². The standard InChI is InChI=1S/C17H10F3NO4/c18-17(19,20)15(11-6-12-4-2-1-3-5-12)25-16(22)13-7-9-14(10-8-13)21(23)24/h1-5,7-10,15H/t15-/m1/s1. The number of nitrogens with zero attached hydrogens (tertiary/aromatic N) is 1. The van der Waals surface area contributed by atoms with Crippen molar-refractivity contribution < 1.29 is 27.6 Å². The first kappa shape index (κ1) is 18.0. The second-order valence-electron chi connectivity index (χ2n) is 4.77. The molecule has 128 valence electrons. The van der Waals surface area contributed by atoms with Crippen molar-refractivity contribution >= 4 is 11.7 Å². The van der Waals surface area contributed by atoms with E-state index in [9.17, 15) is 28.1 Å². The zero-order valence-electron chi connectivity index (χ0n) is 12.5. The lowest BCUT2D eigenvalue weighted by atomic mass is 10.2. The molecule has 0 N–H and O–H groups in total. The molecule has 0 saturated carbocycles. The van der Waals surface area contributed by atoms with E-state index in [1.807, 2.05) is 5.92 Å². The molecule has 0 aliphatic carbocycles. The fourth-order valence-electron chi connectivity index (χ4n) is 1.74. The highest BCUT2D eigenvalue weighted by Gasteiger charge is 2.42. The van der Waals surface area contributed by atoms with E-state index >= 15 is 0 Å². The van der Waals surface area contributed by atoms with E-state index in [0.717, 1.165) is 24.3 Å². The van der Waals surface area contributed by atoms with Crippen molar-refractivity contribution in [2.75, 3.05) is 0 Å². The van der Waals surface area contributed by atoms with Crippen LogP contribution in [0.5, 0.6) is 0 Å². The van der Waals surface area contributed by atoms with Crippen LogP contribution in [0.3, 0.4) is 0 Å². The Hall–Kier alpha value is -3.34. The lowest BCUT2D eigenvalue weighted by Gasteiger charge is -2.15. The molecule has 0 aliphatic heterocycles. The average Bonchev–Trinajstić information content (AvgIpc) is 2.58. The Kier molecular flexibility index (Phi) is 5.39. The van der Waals surface area contributed by atoms with Gasteiger partial charge in [-0.3, -0.25) is 10.1 Å². The molecule has 2 rings (SSSR count). The van der Waals surface area contributed by atoms with Gasteiger partial charge in [0.05, 0.1) is 10.5 Å². The zero-order chi connectivity index (χ0) is 18.4. The van der Waals surface area contributed by atoms with Crippen molar-refractivity contribution in [2.45, 2.75) is 12.3 Å². The van der Waals surface area contributed by atoms with Crippen molar-refractivity contribution in [1.82, 2.24) is 0 Å². The second kappa shape index (κ2) is 7.49. The smallest absolute Gasteiger partial charge is 0.436 e. The van der Waals surface area contributed by atoms with Gasteiger partial charge in [0, 0.05) is 17.7 Å². The number of hydrogen-bond donors (Lipinski definition) is 0. The van der Waals surface area contributed by atoms with Crippen LogP contribution in [0.2, 0.25) is 0 Å².